The fraction of sp³-hybridized carbons (Fsp3) is 0.324. The number of hydrogen-bond acceptors (Lipinski definition) is 8. The third kappa shape index (κ3) is 7.27. The summed E-state index contributed by atoms with van der Waals surface area (Å²) in [6.45, 7) is 4.46. The number of halogens is 3. The molecule has 1 amide bonds. The van der Waals surface area contributed by atoms with E-state index in [1.54, 1.807) is 25.4 Å². The Morgan fingerprint density at radius 2 is 1.78 bits per heavy atom. The van der Waals surface area contributed by atoms with E-state index < -0.39 is 5.82 Å². The van der Waals surface area contributed by atoms with Crippen LogP contribution in [0.3, 0.4) is 0 Å². The molecule has 9 nitrogen and oxygen atoms in total. The second-order valence-electron chi connectivity index (χ2n) is 11.3. The van der Waals surface area contributed by atoms with E-state index in [0.717, 1.165) is 25.1 Å². The summed E-state index contributed by atoms with van der Waals surface area (Å²) in [6, 6.07) is 16.8. The van der Waals surface area contributed by atoms with Crippen LogP contribution in [0.5, 0.6) is 5.88 Å². The van der Waals surface area contributed by atoms with Gasteiger partial charge in [0.25, 0.3) is 0 Å². The summed E-state index contributed by atoms with van der Waals surface area (Å²) < 4.78 is 26.6. The number of nitrogens with one attached hydrogen (secondary N) is 3. The van der Waals surface area contributed by atoms with Crippen LogP contribution in [0.15, 0.2) is 60.8 Å². The molecule has 0 aliphatic carbocycles. The summed E-state index contributed by atoms with van der Waals surface area (Å²) in [7, 11) is 1.58. The number of aromatic nitrogens is 2. The minimum Gasteiger partial charge on any atom is -0.481 e. The van der Waals surface area contributed by atoms with Crippen molar-refractivity contribution in [2.75, 3.05) is 45.3 Å². The molecule has 4 aromatic rings. The Hall–Kier alpha value is -3.80. The first-order chi connectivity index (χ1) is 22.4. The highest BCUT2D eigenvalue weighted by Crippen LogP contribution is 2.42. The molecule has 3 N–H and O–H groups in total. The van der Waals surface area contributed by atoms with Crippen molar-refractivity contribution in [3.63, 3.8) is 0 Å². The predicted octanol–water partition coefficient (Wildman–Crippen LogP) is 6.21. The number of carbonyl (C=O) groups is 1. The highest BCUT2D eigenvalue weighted by atomic mass is 35.5. The number of anilines is 2. The monoisotopic (exact) mass is 664 g/mol. The number of methoxy groups -OCH3 is 1. The van der Waals surface area contributed by atoms with Crippen molar-refractivity contribution >= 4 is 40.6 Å². The largest absolute Gasteiger partial charge is 0.481 e. The Balaban J connectivity index is 1.21. The maximum Gasteiger partial charge on any atom is 0.220 e. The highest BCUT2D eigenvalue weighted by Gasteiger charge is 2.21. The Morgan fingerprint density at radius 1 is 1.02 bits per heavy atom. The second kappa shape index (κ2) is 14.7. The number of pyridine rings is 2. The molecule has 1 atom stereocenters. The van der Waals surface area contributed by atoms with Crippen molar-refractivity contribution in [2.24, 2.45) is 0 Å². The van der Waals surface area contributed by atoms with E-state index in [9.17, 15) is 4.79 Å². The number of nitrogens with zero attached hydrogens (tertiary/aromatic N) is 3. The molecular weight excluding hydrogens is 630 g/mol. The SMILES string of the molecule is COc1nc(-c2cccc(-c3cccc(Nc4nccc(CN5CCOCC5)c4F)c3Cl)c2Cl)ccc1CNC[C@@H]1CCC(=O)N1. The van der Waals surface area contributed by atoms with Crippen molar-refractivity contribution in [3.05, 3.63) is 87.8 Å². The van der Waals surface area contributed by atoms with E-state index in [2.05, 4.69) is 25.8 Å². The van der Waals surface area contributed by atoms with Gasteiger partial charge in [0.05, 0.1) is 41.8 Å². The lowest BCUT2D eigenvalue weighted by Gasteiger charge is -2.26. The molecule has 2 aliphatic heterocycles. The maximum absolute atomic E-state index is 15.5. The van der Waals surface area contributed by atoms with Gasteiger partial charge in [-0.1, -0.05) is 59.6 Å². The van der Waals surface area contributed by atoms with Gasteiger partial charge in [-0.3, -0.25) is 9.69 Å². The van der Waals surface area contributed by atoms with Crippen LogP contribution in [0, 0.1) is 5.82 Å². The first-order valence-electron chi connectivity index (χ1n) is 15.2. The molecule has 0 spiro atoms. The third-order valence-corrected chi connectivity index (χ3v) is 9.02. The van der Waals surface area contributed by atoms with Crippen LogP contribution in [0.25, 0.3) is 22.4 Å². The Kier molecular flexibility index (Phi) is 10.3. The lowest BCUT2D eigenvalue weighted by Crippen LogP contribution is -2.35. The molecule has 2 fully saturated rings. The van der Waals surface area contributed by atoms with Gasteiger partial charge in [0.2, 0.25) is 11.8 Å². The number of benzene rings is 2. The van der Waals surface area contributed by atoms with Crippen LogP contribution in [-0.4, -0.2) is 66.8 Å². The molecule has 0 unspecified atom stereocenters. The van der Waals surface area contributed by atoms with Gasteiger partial charge in [-0.2, -0.15) is 0 Å². The number of carbonyl (C=O) groups excluding carboxylic acids is 1. The van der Waals surface area contributed by atoms with E-state index in [0.29, 0.717) is 88.8 Å². The van der Waals surface area contributed by atoms with Crippen molar-refractivity contribution in [2.45, 2.75) is 32.0 Å². The minimum atomic E-state index is -0.417. The van der Waals surface area contributed by atoms with E-state index in [-0.39, 0.29) is 17.8 Å². The van der Waals surface area contributed by atoms with E-state index in [1.165, 1.54) is 0 Å². The van der Waals surface area contributed by atoms with Crippen LogP contribution in [-0.2, 0) is 22.6 Å². The molecule has 2 aliphatic rings. The molecular formula is C34H35Cl2FN6O3. The van der Waals surface area contributed by atoms with E-state index in [1.807, 2.05) is 42.5 Å². The summed E-state index contributed by atoms with van der Waals surface area (Å²) in [5.41, 5.74) is 4.67. The summed E-state index contributed by atoms with van der Waals surface area (Å²) in [6.07, 6.45) is 2.99. The summed E-state index contributed by atoms with van der Waals surface area (Å²) in [5.74, 6) is 0.258. The lowest BCUT2D eigenvalue weighted by atomic mass is 10.00. The quantitative estimate of drug-likeness (QED) is 0.174. The number of rotatable bonds is 11. The molecule has 0 saturated carbocycles. The zero-order chi connectivity index (χ0) is 32.0. The Labute approximate surface area is 277 Å². The Morgan fingerprint density at radius 3 is 2.54 bits per heavy atom. The number of amides is 1. The Bertz CT molecular complexity index is 1720. The zero-order valence-corrected chi connectivity index (χ0v) is 26.9. The molecule has 240 valence electrons. The summed E-state index contributed by atoms with van der Waals surface area (Å²) in [4.78, 5) is 22.6. The van der Waals surface area contributed by atoms with Gasteiger partial charge in [-0.15, -0.1) is 0 Å². The first-order valence-corrected chi connectivity index (χ1v) is 16.0. The van der Waals surface area contributed by atoms with Crippen molar-refractivity contribution in [1.82, 2.24) is 25.5 Å². The summed E-state index contributed by atoms with van der Waals surface area (Å²) in [5, 5.41) is 10.3. The molecule has 4 heterocycles. The minimum absolute atomic E-state index is 0.0922. The standard InChI is InChI=1S/C34H35Cl2FN6O3/c1-45-34-21(18-38-19-23-9-11-29(44)40-23)8-10-27(42-34)26-6-2-4-24(30(26)35)25-5-3-7-28(31(25)36)41-33-32(37)22(12-13-39-33)20-43-14-16-46-17-15-43/h2-8,10,12-13,23,38H,9,11,14-20H2,1H3,(H,39,41)(H,40,44)/t23-/m0/s1. The maximum atomic E-state index is 15.5. The second-order valence-corrected chi connectivity index (χ2v) is 12.0. The van der Waals surface area contributed by atoms with Crippen LogP contribution < -0.4 is 20.7 Å². The molecule has 2 aromatic carbocycles. The van der Waals surface area contributed by atoms with Crippen LogP contribution in [0.4, 0.5) is 15.9 Å². The fourth-order valence-corrected chi connectivity index (χ4v) is 6.34. The third-order valence-electron chi connectivity index (χ3n) is 8.21. The van der Waals surface area contributed by atoms with Gasteiger partial charge < -0.3 is 25.4 Å². The molecule has 2 aromatic heterocycles. The molecule has 6 rings (SSSR count). The molecule has 0 radical (unpaired) electrons. The van der Waals surface area contributed by atoms with E-state index >= 15 is 4.39 Å². The van der Waals surface area contributed by atoms with Crippen LogP contribution in [0.1, 0.15) is 24.0 Å². The van der Waals surface area contributed by atoms with Gasteiger partial charge >= 0.3 is 0 Å². The lowest BCUT2D eigenvalue weighted by molar-refractivity contribution is -0.119. The van der Waals surface area contributed by atoms with E-state index in [4.69, 9.17) is 37.7 Å². The van der Waals surface area contributed by atoms with Crippen molar-refractivity contribution < 1.29 is 18.7 Å². The normalized spacial score (nSPS) is 16.8. The van der Waals surface area contributed by atoms with Gasteiger partial charge in [0.15, 0.2) is 11.6 Å². The van der Waals surface area contributed by atoms with Crippen molar-refractivity contribution in [3.8, 4) is 28.3 Å². The van der Waals surface area contributed by atoms with Gasteiger partial charge in [-0.05, 0) is 24.6 Å². The number of ether oxygens (including phenoxy) is 2. The number of hydrogen-bond donors (Lipinski definition) is 3. The zero-order valence-electron chi connectivity index (χ0n) is 25.4. The van der Waals surface area contributed by atoms with Crippen LogP contribution >= 0.6 is 23.2 Å². The number of morpholine rings is 1. The summed E-state index contributed by atoms with van der Waals surface area (Å²) >= 11 is 13.9. The topological polar surface area (TPSA) is 101 Å². The first kappa shape index (κ1) is 32.2. The average Bonchev–Trinajstić information content (AvgIpc) is 3.49. The van der Waals surface area contributed by atoms with Crippen molar-refractivity contribution in [1.29, 1.82) is 0 Å². The predicted molar refractivity (Wildman–Crippen MR) is 178 cm³/mol. The molecule has 12 heteroatoms. The van der Waals surface area contributed by atoms with Gasteiger partial charge in [-0.25, -0.2) is 14.4 Å². The highest BCUT2D eigenvalue weighted by molar-refractivity contribution is 6.39. The fourth-order valence-electron chi connectivity index (χ4n) is 5.74. The van der Waals surface area contributed by atoms with Crippen LogP contribution in [0.2, 0.25) is 10.0 Å². The average molecular weight is 666 g/mol. The molecule has 0 bridgehead atoms. The van der Waals surface area contributed by atoms with Gasteiger partial charge in [0.1, 0.15) is 0 Å². The van der Waals surface area contributed by atoms with Gasteiger partial charge in [0, 0.05) is 79.2 Å². The smallest absolute Gasteiger partial charge is 0.220 e. The molecule has 2 saturated heterocycles. The molecule has 46 heavy (non-hydrogen) atoms.